The summed E-state index contributed by atoms with van der Waals surface area (Å²) in [6.07, 6.45) is 6.01. The molecule has 1 aliphatic rings. The van der Waals surface area contributed by atoms with Crippen LogP contribution in [0.2, 0.25) is 0 Å². The van der Waals surface area contributed by atoms with E-state index in [4.69, 9.17) is 14.9 Å². The average Bonchev–Trinajstić information content (AvgIpc) is 2.67. The highest BCUT2D eigenvalue weighted by molar-refractivity contribution is 5.89. The molecular formula is C22H33NO5. The van der Waals surface area contributed by atoms with Crippen LogP contribution in [0.4, 0.5) is 0 Å². The quantitative estimate of drug-likeness (QED) is 0.653. The van der Waals surface area contributed by atoms with Crippen molar-refractivity contribution in [3.05, 3.63) is 41.5 Å². The van der Waals surface area contributed by atoms with E-state index in [1.54, 1.807) is 7.11 Å². The molecule has 0 saturated heterocycles. The Hall–Kier alpha value is -2.34. The lowest BCUT2D eigenvalue weighted by molar-refractivity contribution is -0.134. The highest BCUT2D eigenvalue weighted by Gasteiger charge is 2.31. The summed E-state index contributed by atoms with van der Waals surface area (Å²) in [6.45, 7) is 9.41. The molecule has 0 heterocycles. The second-order valence-corrected chi connectivity index (χ2v) is 6.97. The second kappa shape index (κ2) is 12.2. The third-order valence-electron chi connectivity index (χ3n) is 5.01. The molecule has 1 aromatic carbocycles. The predicted octanol–water partition coefficient (Wildman–Crippen LogP) is 3.95. The number of carboxylic acid groups (broad SMARTS) is 2. The molecule has 2 N–H and O–H groups in total. The Morgan fingerprint density at radius 3 is 2.18 bits per heavy atom. The number of fused-ring (bicyclic) bond motifs is 1. The maximum atomic E-state index is 9.55. The van der Waals surface area contributed by atoms with Crippen LogP contribution in [0.15, 0.2) is 30.4 Å². The standard InChI is InChI=1S/C18H29NO.C4H4O4/c1-5-12-19(13-6-2)17-11-10-16-15(14(17)3)8-7-9-18(16)20-4;5-3(6)1-2-4(7)8/h7-9,14,17H,5-6,10-13H2,1-4H3;1-2H,(H,5,6)(H,7,8)/t14-,17+;/m0./s1. The first-order valence-electron chi connectivity index (χ1n) is 9.89. The van der Waals surface area contributed by atoms with Gasteiger partial charge in [0, 0.05) is 18.2 Å². The van der Waals surface area contributed by atoms with Gasteiger partial charge in [-0.2, -0.15) is 0 Å². The molecule has 0 aromatic heterocycles. The molecule has 6 nitrogen and oxygen atoms in total. The number of carbonyl (C=O) groups is 2. The molecule has 6 heteroatoms. The molecule has 0 radical (unpaired) electrons. The summed E-state index contributed by atoms with van der Waals surface area (Å²) >= 11 is 0. The van der Waals surface area contributed by atoms with E-state index in [0.29, 0.717) is 24.1 Å². The third-order valence-corrected chi connectivity index (χ3v) is 5.01. The molecule has 0 fully saturated rings. The van der Waals surface area contributed by atoms with Gasteiger partial charge in [-0.3, -0.25) is 4.90 Å². The summed E-state index contributed by atoms with van der Waals surface area (Å²) in [6, 6.07) is 7.22. The van der Waals surface area contributed by atoms with Gasteiger partial charge in [0.1, 0.15) is 5.75 Å². The van der Waals surface area contributed by atoms with Gasteiger partial charge in [-0.25, -0.2) is 9.59 Å². The van der Waals surface area contributed by atoms with Crippen molar-refractivity contribution in [2.45, 2.75) is 58.4 Å². The largest absolute Gasteiger partial charge is 0.496 e. The Balaban J connectivity index is 0.000000416. The summed E-state index contributed by atoms with van der Waals surface area (Å²) in [7, 11) is 1.78. The smallest absolute Gasteiger partial charge is 0.328 e. The zero-order valence-corrected chi connectivity index (χ0v) is 17.4. The Labute approximate surface area is 167 Å². The number of methoxy groups -OCH3 is 1. The topological polar surface area (TPSA) is 87.1 Å². The van der Waals surface area contributed by atoms with Crippen molar-refractivity contribution >= 4 is 11.9 Å². The van der Waals surface area contributed by atoms with Crippen LogP contribution in [0.1, 0.15) is 57.1 Å². The SMILES string of the molecule is CCCN(CCC)[C@@H]1CCc2c(OC)cccc2[C@@H]1C.O=C(O)C=CC(=O)O. The molecule has 1 aliphatic carbocycles. The molecule has 0 spiro atoms. The van der Waals surface area contributed by atoms with Crippen LogP contribution in [0.25, 0.3) is 0 Å². The lowest BCUT2D eigenvalue weighted by atomic mass is 9.79. The molecule has 156 valence electrons. The molecule has 0 bridgehead atoms. The third kappa shape index (κ3) is 7.00. The fourth-order valence-corrected chi connectivity index (χ4v) is 3.88. The van der Waals surface area contributed by atoms with Gasteiger partial charge in [0.05, 0.1) is 7.11 Å². The van der Waals surface area contributed by atoms with Gasteiger partial charge >= 0.3 is 11.9 Å². The highest BCUT2D eigenvalue weighted by atomic mass is 16.5. The number of hydrogen-bond donors (Lipinski definition) is 2. The molecule has 0 aliphatic heterocycles. The van der Waals surface area contributed by atoms with Gasteiger partial charge in [0.2, 0.25) is 0 Å². The second-order valence-electron chi connectivity index (χ2n) is 6.97. The fourth-order valence-electron chi connectivity index (χ4n) is 3.88. The van der Waals surface area contributed by atoms with Crippen molar-refractivity contribution in [2.24, 2.45) is 0 Å². The van der Waals surface area contributed by atoms with Crippen LogP contribution >= 0.6 is 0 Å². The van der Waals surface area contributed by atoms with Crippen molar-refractivity contribution in [1.82, 2.24) is 4.90 Å². The van der Waals surface area contributed by atoms with Crippen LogP contribution < -0.4 is 4.74 Å². The molecule has 1 aromatic rings. The number of carboxylic acids is 2. The van der Waals surface area contributed by atoms with E-state index in [9.17, 15) is 9.59 Å². The van der Waals surface area contributed by atoms with E-state index in [1.165, 1.54) is 43.5 Å². The molecule has 2 rings (SSSR count). The van der Waals surface area contributed by atoms with Crippen LogP contribution in [0.3, 0.4) is 0 Å². The summed E-state index contributed by atoms with van der Waals surface area (Å²) < 4.78 is 5.54. The molecule has 0 saturated carbocycles. The van der Waals surface area contributed by atoms with Gasteiger partial charge < -0.3 is 14.9 Å². The lowest BCUT2D eigenvalue weighted by Crippen LogP contribution is -2.42. The number of ether oxygens (including phenoxy) is 1. The maximum Gasteiger partial charge on any atom is 0.328 e. The minimum atomic E-state index is -1.26. The first kappa shape index (κ1) is 23.7. The van der Waals surface area contributed by atoms with Crippen molar-refractivity contribution < 1.29 is 24.5 Å². The van der Waals surface area contributed by atoms with Gasteiger partial charge in [-0.1, -0.05) is 32.9 Å². The Bertz CT molecular complexity index is 649. The zero-order chi connectivity index (χ0) is 21.1. The lowest BCUT2D eigenvalue weighted by Gasteiger charge is -2.40. The predicted molar refractivity (Wildman–Crippen MR) is 110 cm³/mol. The number of aliphatic carboxylic acids is 2. The first-order valence-corrected chi connectivity index (χ1v) is 9.89. The van der Waals surface area contributed by atoms with E-state index in [0.717, 1.165) is 12.2 Å². The van der Waals surface area contributed by atoms with Gasteiger partial charge in [0.15, 0.2) is 0 Å². The minimum absolute atomic E-state index is 0.558. The van der Waals surface area contributed by atoms with Gasteiger partial charge in [-0.05, 0) is 61.9 Å². The number of benzene rings is 1. The van der Waals surface area contributed by atoms with E-state index in [1.807, 2.05) is 0 Å². The zero-order valence-electron chi connectivity index (χ0n) is 17.4. The van der Waals surface area contributed by atoms with Crippen LogP contribution in [0, 0.1) is 0 Å². The highest BCUT2D eigenvalue weighted by Crippen LogP contribution is 2.38. The Kier molecular flexibility index (Phi) is 10.3. The van der Waals surface area contributed by atoms with Gasteiger partial charge in [-0.15, -0.1) is 0 Å². The van der Waals surface area contributed by atoms with Crippen molar-refractivity contribution in [2.75, 3.05) is 20.2 Å². The summed E-state index contributed by atoms with van der Waals surface area (Å²) in [5.41, 5.74) is 2.93. The molecule has 0 amide bonds. The monoisotopic (exact) mass is 391 g/mol. The van der Waals surface area contributed by atoms with E-state index >= 15 is 0 Å². The molecular weight excluding hydrogens is 358 g/mol. The first-order chi connectivity index (χ1) is 13.3. The molecule has 0 unspecified atom stereocenters. The Morgan fingerprint density at radius 1 is 1.14 bits per heavy atom. The van der Waals surface area contributed by atoms with Crippen molar-refractivity contribution in [3.63, 3.8) is 0 Å². The van der Waals surface area contributed by atoms with Crippen molar-refractivity contribution in [3.8, 4) is 5.75 Å². The molecule has 2 atom stereocenters. The number of rotatable bonds is 8. The average molecular weight is 392 g/mol. The normalized spacial score (nSPS) is 18.3. The fraction of sp³-hybridized carbons (Fsp3) is 0.545. The van der Waals surface area contributed by atoms with E-state index < -0.39 is 11.9 Å². The summed E-state index contributed by atoms with van der Waals surface area (Å²) in [5, 5.41) is 15.6. The van der Waals surface area contributed by atoms with Crippen LogP contribution in [-0.4, -0.2) is 53.3 Å². The van der Waals surface area contributed by atoms with E-state index in [2.05, 4.69) is 43.9 Å². The number of hydrogen-bond acceptors (Lipinski definition) is 4. The van der Waals surface area contributed by atoms with Crippen LogP contribution in [-0.2, 0) is 16.0 Å². The number of nitrogens with zero attached hydrogens (tertiary/aromatic N) is 1. The summed E-state index contributed by atoms with van der Waals surface area (Å²) in [5.74, 6) is -0.836. The maximum absolute atomic E-state index is 9.55. The van der Waals surface area contributed by atoms with Gasteiger partial charge in [0.25, 0.3) is 0 Å². The van der Waals surface area contributed by atoms with E-state index in [-0.39, 0.29) is 0 Å². The minimum Gasteiger partial charge on any atom is -0.496 e. The molecule has 28 heavy (non-hydrogen) atoms. The van der Waals surface area contributed by atoms with Crippen molar-refractivity contribution in [1.29, 1.82) is 0 Å². The summed E-state index contributed by atoms with van der Waals surface area (Å²) in [4.78, 5) is 21.8. The van der Waals surface area contributed by atoms with Crippen LogP contribution in [0.5, 0.6) is 5.75 Å². The Morgan fingerprint density at radius 2 is 1.71 bits per heavy atom.